The summed E-state index contributed by atoms with van der Waals surface area (Å²) >= 11 is 0. The number of hydrogen-bond donors (Lipinski definition) is 3. The molecule has 0 atom stereocenters. The molecular formula is C17H21N5O3. The number of hydrogen-bond acceptors (Lipinski definition) is 7. The minimum atomic E-state index is -0.168. The van der Waals surface area contributed by atoms with Gasteiger partial charge < -0.3 is 25.4 Å². The number of anilines is 2. The molecule has 1 aromatic heterocycles. The van der Waals surface area contributed by atoms with Crippen LogP contribution < -0.4 is 25.4 Å². The Balaban J connectivity index is 1.49. The van der Waals surface area contributed by atoms with Gasteiger partial charge in [0.25, 0.3) is 5.91 Å². The van der Waals surface area contributed by atoms with Crippen LogP contribution in [0.25, 0.3) is 0 Å². The van der Waals surface area contributed by atoms with Crippen LogP contribution in [-0.4, -0.2) is 42.3 Å². The standard InChI is InChI=1S/C17H21N5O3/c1-3-18-15-8-11(2)21-17(22-15)20-7-6-19-16(23)12-4-5-13-14(9-12)25-10-24-13/h4-5,8-9H,3,6-7,10H2,1-2H3,(H,19,23)(H2,18,20,21,22). The first kappa shape index (κ1) is 16.8. The molecule has 0 saturated heterocycles. The Kier molecular flexibility index (Phi) is 5.17. The Morgan fingerprint density at radius 1 is 1.12 bits per heavy atom. The number of nitrogens with one attached hydrogen (secondary N) is 3. The summed E-state index contributed by atoms with van der Waals surface area (Å²) in [5, 5.41) is 9.11. The van der Waals surface area contributed by atoms with Crippen LogP contribution in [0.5, 0.6) is 11.5 Å². The van der Waals surface area contributed by atoms with E-state index in [2.05, 4.69) is 25.9 Å². The summed E-state index contributed by atoms with van der Waals surface area (Å²) in [6.07, 6.45) is 0. The van der Waals surface area contributed by atoms with Gasteiger partial charge in [-0.1, -0.05) is 0 Å². The van der Waals surface area contributed by atoms with Crippen LogP contribution in [0.15, 0.2) is 24.3 Å². The summed E-state index contributed by atoms with van der Waals surface area (Å²) < 4.78 is 10.5. The fraction of sp³-hybridized carbons (Fsp3) is 0.353. The number of carbonyl (C=O) groups is 1. The highest BCUT2D eigenvalue weighted by atomic mass is 16.7. The molecule has 0 fully saturated rings. The normalized spacial score (nSPS) is 11.9. The van der Waals surface area contributed by atoms with Gasteiger partial charge in [-0.15, -0.1) is 0 Å². The SMILES string of the molecule is CCNc1cc(C)nc(NCCNC(=O)c2ccc3c(c2)OCO3)n1. The first-order chi connectivity index (χ1) is 12.2. The highest BCUT2D eigenvalue weighted by Gasteiger charge is 2.15. The van der Waals surface area contributed by atoms with Gasteiger partial charge in [0.2, 0.25) is 12.7 Å². The van der Waals surface area contributed by atoms with Gasteiger partial charge in [0, 0.05) is 37.0 Å². The van der Waals surface area contributed by atoms with Crippen molar-refractivity contribution in [3.05, 3.63) is 35.5 Å². The molecule has 0 bridgehead atoms. The third kappa shape index (κ3) is 4.28. The highest BCUT2D eigenvalue weighted by Crippen LogP contribution is 2.32. The molecule has 1 aliphatic rings. The summed E-state index contributed by atoms with van der Waals surface area (Å²) in [5.74, 6) is 2.40. The Morgan fingerprint density at radius 3 is 2.80 bits per heavy atom. The molecule has 3 N–H and O–H groups in total. The molecule has 0 saturated carbocycles. The Bertz CT molecular complexity index is 766. The molecule has 2 heterocycles. The van der Waals surface area contributed by atoms with Gasteiger partial charge in [-0.25, -0.2) is 4.98 Å². The average molecular weight is 343 g/mol. The van der Waals surface area contributed by atoms with Crippen molar-refractivity contribution < 1.29 is 14.3 Å². The summed E-state index contributed by atoms with van der Waals surface area (Å²) in [6, 6.07) is 7.01. The van der Waals surface area contributed by atoms with Crippen molar-refractivity contribution in [3.8, 4) is 11.5 Å². The van der Waals surface area contributed by atoms with Crippen molar-refractivity contribution in [2.75, 3.05) is 37.1 Å². The zero-order valence-corrected chi connectivity index (χ0v) is 14.3. The van der Waals surface area contributed by atoms with E-state index in [9.17, 15) is 4.79 Å². The maximum atomic E-state index is 12.2. The van der Waals surface area contributed by atoms with E-state index in [1.54, 1.807) is 18.2 Å². The quantitative estimate of drug-likeness (QED) is 0.659. The predicted octanol–water partition coefficient (Wildman–Crippen LogP) is 1.79. The van der Waals surface area contributed by atoms with Crippen LogP contribution in [0.1, 0.15) is 23.0 Å². The van der Waals surface area contributed by atoms with Crippen molar-refractivity contribution in [3.63, 3.8) is 0 Å². The van der Waals surface area contributed by atoms with Crippen molar-refractivity contribution in [2.45, 2.75) is 13.8 Å². The smallest absolute Gasteiger partial charge is 0.251 e. The van der Waals surface area contributed by atoms with E-state index < -0.39 is 0 Å². The predicted molar refractivity (Wildman–Crippen MR) is 94.3 cm³/mol. The van der Waals surface area contributed by atoms with Gasteiger partial charge in [-0.05, 0) is 32.0 Å². The van der Waals surface area contributed by atoms with Gasteiger partial charge in [-0.3, -0.25) is 4.79 Å². The lowest BCUT2D eigenvalue weighted by Crippen LogP contribution is -2.29. The van der Waals surface area contributed by atoms with Crippen molar-refractivity contribution in [1.29, 1.82) is 0 Å². The molecule has 8 nitrogen and oxygen atoms in total. The molecule has 25 heavy (non-hydrogen) atoms. The molecule has 1 aromatic carbocycles. The topological polar surface area (TPSA) is 97.4 Å². The molecule has 2 aromatic rings. The van der Waals surface area contributed by atoms with Gasteiger partial charge in [-0.2, -0.15) is 4.98 Å². The molecule has 0 spiro atoms. The number of fused-ring (bicyclic) bond motifs is 1. The molecule has 0 unspecified atom stereocenters. The fourth-order valence-corrected chi connectivity index (χ4v) is 2.41. The van der Waals surface area contributed by atoms with E-state index in [0.717, 1.165) is 18.1 Å². The molecule has 3 rings (SSSR count). The molecule has 0 radical (unpaired) electrons. The van der Waals surface area contributed by atoms with E-state index in [0.29, 0.717) is 36.1 Å². The summed E-state index contributed by atoms with van der Waals surface area (Å²) in [5.41, 5.74) is 1.41. The van der Waals surface area contributed by atoms with Crippen LogP contribution in [0.2, 0.25) is 0 Å². The second-order valence-electron chi connectivity index (χ2n) is 5.50. The number of aromatic nitrogens is 2. The molecule has 8 heteroatoms. The number of rotatable bonds is 7. The van der Waals surface area contributed by atoms with Gasteiger partial charge in [0.05, 0.1) is 0 Å². The lowest BCUT2D eigenvalue weighted by Gasteiger charge is -2.10. The number of amides is 1. The molecular weight excluding hydrogens is 322 g/mol. The molecule has 1 amide bonds. The first-order valence-corrected chi connectivity index (χ1v) is 8.17. The lowest BCUT2D eigenvalue weighted by molar-refractivity contribution is 0.0954. The lowest BCUT2D eigenvalue weighted by atomic mass is 10.2. The third-order valence-electron chi connectivity index (χ3n) is 3.54. The second kappa shape index (κ2) is 7.69. The Hall–Kier alpha value is -3.03. The third-order valence-corrected chi connectivity index (χ3v) is 3.54. The number of carbonyl (C=O) groups excluding carboxylic acids is 1. The zero-order chi connectivity index (χ0) is 17.6. The van der Waals surface area contributed by atoms with Gasteiger partial charge in [0.15, 0.2) is 11.5 Å². The number of ether oxygens (including phenoxy) is 2. The van der Waals surface area contributed by atoms with Crippen LogP contribution in [0.3, 0.4) is 0 Å². The summed E-state index contributed by atoms with van der Waals surface area (Å²) in [7, 11) is 0. The fourth-order valence-electron chi connectivity index (χ4n) is 2.41. The van der Waals surface area contributed by atoms with Crippen LogP contribution in [-0.2, 0) is 0 Å². The maximum absolute atomic E-state index is 12.2. The zero-order valence-electron chi connectivity index (χ0n) is 14.3. The molecule has 1 aliphatic heterocycles. The van der Waals surface area contributed by atoms with E-state index in [-0.39, 0.29) is 12.7 Å². The van der Waals surface area contributed by atoms with Crippen LogP contribution in [0, 0.1) is 6.92 Å². The number of aryl methyl sites for hydroxylation is 1. The summed E-state index contributed by atoms with van der Waals surface area (Å²) in [6.45, 7) is 5.87. The van der Waals surface area contributed by atoms with Crippen molar-refractivity contribution >= 4 is 17.7 Å². The van der Waals surface area contributed by atoms with Gasteiger partial charge in [0.1, 0.15) is 5.82 Å². The van der Waals surface area contributed by atoms with Gasteiger partial charge >= 0.3 is 0 Å². The van der Waals surface area contributed by atoms with E-state index >= 15 is 0 Å². The molecule has 132 valence electrons. The minimum absolute atomic E-state index is 0.168. The van der Waals surface area contributed by atoms with E-state index in [1.165, 1.54) is 0 Å². The van der Waals surface area contributed by atoms with Crippen LogP contribution >= 0.6 is 0 Å². The number of nitrogens with zero attached hydrogens (tertiary/aromatic N) is 2. The molecule has 0 aliphatic carbocycles. The Morgan fingerprint density at radius 2 is 1.96 bits per heavy atom. The first-order valence-electron chi connectivity index (χ1n) is 8.17. The second-order valence-corrected chi connectivity index (χ2v) is 5.50. The summed E-state index contributed by atoms with van der Waals surface area (Å²) in [4.78, 5) is 20.9. The van der Waals surface area contributed by atoms with Crippen molar-refractivity contribution in [1.82, 2.24) is 15.3 Å². The minimum Gasteiger partial charge on any atom is -0.454 e. The monoisotopic (exact) mass is 343 g/mol. The van der Waals surface area contributed by atoms with E-state index in [1.807, 2.05) is 19.9 Å². The number of benzene rings is 1. The van der Waals surface area contributed by atoms with Crippen LogP contribution in [0.4, 0.5) is 11.8 Å². The van der Waals surface area contributed by atoms with E-state index in [4.69, 9.17) is 9.47 Å². The maximum Gasteiger partial charge on any atom is 0.251 e. The highest BCUT2D eigenvalue weighted by molar-refractivity contribution is 5.94. The average Bonchev–Trinajstić information content (AvgIpc) is 3.06. The Labute approximate surface area is 146 Å². The van der Waals surface area contributed by atoms with Crippen molar-refractivity contribution in [2.24, 2.45) is 0 Å². The largest absolute Gasteiger partial charge is 0.454 e.